The van der Waals surface area contributed by atoms with Gasteiger partial charge in [0.05, 0.1) is 20.1 Å². The van der Waals surface area contributed by atoms with Crippen molar-refractivity contribution < 1.29 is 33.1 Å². The minimum absolute atomic E-state index is 0.0350. The number of primary amides is 1. The van der Waals surface area contributed by atoms with Gasteiger partial charge in [0, 0.05) is 29.9 Å². The normalized spacial score (nSPS) is 15.6. The molecule has 0 spiro atoms. The fourth-order valence-corrected chi connectivity index (χ4v) is 3.64. The van der Waals surface area contributed by atoms with Crippen LogP contribution in [0.3, 0.4) is 0 Å². The topological polar surface area (TPSA) is 161 Å². The maximum Gasteiger partial charge on any atom is 0.432 e. The molecule has 12 nitrogen and oxygen atoms in total. The van der Waals surface area contributed by atoms with Gasteiger partial charge in [0.2, 0.25) is 17.5 Å². The van der Waals surface area contributed by atoms with Gasteiger partial charge in [0.25, 0.3) is 5.91 Å². The fraction of sp³-hybridized carbons (Fsp3) is 0.261. The van der Waals surface area contributed by atoms with Crippen LogP contribution in [0.25, 0.3) is 5.69 Å². The number of benzene rings is 2. The van der Waals surface area contributed by atoms with Gasteiger partial charge < -0.3 is 25.4 Å². The molecule has 1 aromatic heterocycles. The zero-order chi connectivity index (χ0) is 24.9. The summed E-state index contributed by atoms with van der Waals surface area (Å²) in [4.78, 5) is 50.4. The Labute approximate surface area is 199 Å². The highest BCUT2D eigenvalue weighted by atomic mass is 16.5. The SMILES string of the molecule is COc1ccc(-[n+]2[nH]oc(=O)c2CN2CCOC(CC(=O)Nc3ccc(C(N)=O)cc3)C2=O)cc1. The number of anilines is 1. The smallest absolute Gasteiger partial charge is 0.432 e. The molecule has 2 heterocycles. The van der Waals surface area contributed by atoms with Crippen molar-refractivity contribution in [1.29, 1.82) is 0 Å². The zero-order valence-electron chi connectivity index (χ0n) is 18.9. The molecule has 12 heteroatoms. The summed E-state index contributed by atoms with van der Waals surface area (Å²) in [5.74, 6) is -0.784. The number of nitrogens with zero attached hydrogens (tertiary/aromatic N) is 2. The molecule has 0 aliphatic carbocycles. The van der Waals surface area contributed by atoms with Gasteiger partial charge in [-0.1, -0.05) is 0 Å². The predicted molar refractivity (Wildman–Crippen MR) is 121 cm³/mol. The summed E-state index contributed by atoms with van der Waals surface area (Å²) in [5.41, 5.74) is 6.18. The van der Waals surface area contributed by atoms with E-state index in [0.29, 0.717) is 22.7 Å². The molecule has 3 aromatic rings. The van der Waals surface area contributed by atoms with E-state index in [1.165, 1.54) is 33.8 Å². The van der Waals surface area contributed by atoms with Gasteiger partial charge in [-0.3, -0.25) is 18.9 Å². The third kappa shape index (κ3) is 5.38. The number of amides is 3. The average molecular weight is 482 g/mol. The lowest BCUT2D eigenvalue weighted by Crippen LogP contribution is -2.51. The Morgan fingerprint density at radius 2 is 1.89 bits per heavy atom. The van der Waals surface area contributed by atoms with Crippen molar-refractivity contribution in [2.75, 3.05) is 25.6 Å². The maximum absolute atomic E-state index is 13.0. The molecule has 1 saturated heterocycles. The number of aromatic amines is 1. The summed E-state index contributed by atoms with van der Waals surface area (Å²) >= 11 is 0. The predicted octanol–water partition coefficient (Wildman–Crippen LogP) is 0.108. The van der Waals surface area contributed by atoms with E-state index < -0.39 is 29.5 Å². The van der Waals surface area contributed by atoms with Crippen molar-refractivity contribution in [2.24, 2.45) is 5.73 Å². The Bertz CT molecular complexity index is 1280. The Hall–Kier alpha value is -4.45. The van der Waals surface area contributed by atoms with Gasteiger partial charge in [-0.2, -0.15) is 0 Å². The first-order chi connectivity index (χ1) is 16.9. The molecule has 2 aromatic carbocycles. The van der Waals surface area contributed by atoms with Crippen LogP contribution in [0.15, 0.2) is 57.8 Å². The second kappa shape index (κ2) is 10.2. The third-order valence-electron chi connectivity index (χ3n) is 5.50. The van der Waals surface area contributed by atoms with Crippen LogP contribution in [0, 0.1) is 0 Å². The van der Waals surface area contributed by atoms with Crippen molar-refractivity contribution in [1.82, 2.24) is 10.2 Å². The number of methoxy groups -OCH3 is 1. The molecule has 1 aliphatic heterocycles. The van der Waals surface area contributed by atoms with Crippen LogP contribution in [-0.2, 0) is 20.9 Å². The molecule has 1 atom stereocenters. The number of H-pyrrole nitrogens is 1. The van der Waals surface area contributed by atoms with E-state index in [4.69, 9.17) is 19.7 Å². The van der Waals surface area contributed by atoms with Crippen molar-refractivity contribution in [2.45, 2.75) is 19.1 Å². The van der Waals surface area contributed by atoms with E-state index in [1.54, 1.807) is 31.4 Å². The van der Waals surface area contributed by atoms with Gasteiger partial charge in [0.15, 0.2) is 0 Å². The van der Waals surface area contributed by atoms with Gasteiger partial charge in [0.1, 0.15) is 18.4 Å². The van der Waals surface area contributed by atoms with E-state index in [-0.39, 0.29) is 31.8 Å². The largest absolute Gasteiger partial charge is 0.497 e. The summed E-state index contributed by atoms with van der Waals surface area (Å²) in [6.07, 6.45) is -1.22. The molecule has 4 rings (SSSR count). The number of aromatic nitrogens is 2. The molecule has 0 bridgehead atoms. The Balaban J connectivity index is 1.42. The highest BCUT2D eigenvalue weighted by Gasteiger charge is 2.35. The second-order valence-electron chi connectivity index (χ2n) is 7.77. The lowest BCUT2D eigenvalue weighted by Gasteiger charge is -2.30. The van der Waals surface area contributed by atoms with E-state index in [1.807, 2.05) is 0 Å². The molecule has 1 fully saturated rings. The number of carbonyl (C=O) groups is 3. The summed E-state index contributed by atoms with van der Waals surface area (Å²) in [6.45, 7) is 0.417. The first-order valence-corrected chi connectivity index (χ1v) is 10.7. The van der Waals surface area contributed by atoms with Crippen LogP contribution in [0.4, 0.5) is 5.69 Å². The highest BCUT2D eigenvalue weighted by Crippen LogP contribution is 2.16. The van der Waals surface area contributed by atoms with Crippen molar-refractivity contribution in [3.8, 4) is 11.4 Å². The molecule has 0 saturated carbocycles. The van der Waals surface area contributed by atoms with Gasteiger partial charge in [-0.25, -0.2) is 4.79 Å². The number of rotatable bonds is 8. The van der Waals surface area contributed by atoms with Crippen molar-refractivity contribution >= 4 is 23.4 Å². The van der Waals surface area contributed by atoms with Crippen LogP contribution in [0.5, 0.6) is 5.75 Å². The Morgan fingerprint density at radius 3 is 2.54 bits per heavy atom. The van der Waals surface area contributed by atoms with Gasteiger partial charge in [-0.05, 0) is 46.4 Å². The molecular formula is C23H24N5O7+. The molecule has 4 N–H and O–H groups in total. The van der Waals surface area contributed by atoms with Crippen LogP contribution < -0.4 is 26.1 Å². The monoisotopic (exact) mass is 482 g/mol. The minimum Gasteiger partial charge on any atom is -0.497 e. The number of hydrogen-bond donors (Lipinski definition) is 3. The number of nitrogens with one attached hydrogen (secondary N) is 2. The van der Waals surface area contributed by atoms with Crippen LogP contribution >= 0.6 is 0 Å². The summed E-state index contributed by atoms with van der Waals surface area (Å²) in [7, 11) is 1.55. The summed E-state index contributed by atoms with van der Waals surface area (Å²) in [5, 5.41) is 5.20. The Kier molecular flexibility index (Phi) is 6.92. The number of hydrogen-bond acceptors (Lipinski definition) is 7. The maximum atomic E-state index is 13.0. The highest BCUT2D eigenvalue weighted by molar-refractivity contribution is 5.96. The first-order valence-electron chi connectivity index (χ1n) is 10.7. The number of nitrogens with two attached hydrogens (primary N) is 1. The zero-order valence-corrected chi connectivity index (χ0v) is 18.9. The van der Waals surface area contributed by atoms with Crippen molar-refractivity contribution in [3.63, 3.8) is 0 Å². The lowest BCUT2D eigenvalue weighted by atomic mass is 10.1. The molecule has 1 aliphatic rings. The third-order valence-corrected chi connectivity index (χ3v) is 5.50. The average Bonchev–Trinajstić information content (AvgIpc) is 3.22. The first kappa shape index (κ1) is 23.7. The van der Waals surface area contributed by atoms with E-state index >= 15 is 0 Å². The molecule has 1 unspecified atom stereocenters. The molecule has 35 heavy (non-hydrogen) atoms. The van der Waals surface area contributed by atoms with Gasteiger partial charge in [-0.15, -0.1) is 0 Å². The molecule has 182 valence electrons. The van der Waals surface area contributed by atoms with Crippen LogP contribution in [0.2, 0.25) is 0 Å². The second-order valence-corrected chi connectivity index (χ2v) is 7.77. The Morgan fingerprint density at radius 1 is 1.17 bits per heavy atom. The lowest BCUT2D eigenvalue weighted by molar-refractivity contribution is -0.678. The number of morpholine rings is 1. The molecular weight excluding hydrogens is 458 g/mol. The van der Waals surface area contributed by atoms with E-state index in [0.717, 1.165) is 0 Å². The molecule has 3 amide bonds. The van der Waals surface area contributed by atoms with E-state index in [2.05, 4.69) is 10.6 Å². The quantitative estimate of drug-likeness (QED) is 0.384. The number of ether oxygens (including phenoxy) is 2. The van der Waals surface area contributed by atoms with Crippen LogP contribution in [-0.4, -0.2) is 54.3 Å². The van der Waals surface area contributed by atoms with E-state index in [9.17, 15) is 19.2 Å². The standard InChI is InChI=1S/C23H23N5O7/c1-33-17-8-6-16(7-9-17)28-18(23(32)35-26-28)13-27-10-11-34-19(22(27)31)12-20(29)25-15-4-2-14(3-5-15)21(24)30/h2-9,19H,10-13H2,1H3,(H3-,24,25,26,29,30,32)/p+1. The van der Waals surface area contributed by atoms with Gasteiger partial charge >= 0.3 is 11.3 Å². The summed E-state index contributed by atoms with van der Waals surface area (Å²) in [6, 6.07) is 13.0. The number of carbonyl (C=O) groups excluding carboxylic acids is 3. The fourth-order valence-electron chi connectivity index (χ4n) is 3.64. The molecule has 0 radical (unpaired) electrons. The summed E-state index contributed by atoms with van der Waals surface area (Å²) < 4.78 is 17.1. The minimum atomic E-state index is -1.01. The van der Waals surface area contributed by atoms with Crippen LogP contribution in [0.1, 0.15) is 22.5 Å². The van der Waals surface area contributed by atoms with Crippen molar-refractivity contribution in [3.05, 3.63) is 70.2 Å².